The number of hydrogen-bond acceptors (Lipinski definition) is 6. The smallest absolute Gasteiger partial charge is 0.383 e. The molecule has 6 nitrogen and oxygen atoms in total. The van der Waals surface area contributed by atoms with Gasteiger partial charge in [-0.25, -0.2) is 9.28 Å². The first-order valence-corrected chi connectivity index (χ1v) is 7.40. The average molecular weight is 330 g/mol. The van der Waals surface area contributed by atoms with Crippen LogP contribution in [0.1, 0.15) is 6.42 Å². The number of nitrogens with zero attached hydrogens (tertiary/aromatic N) is 2. The number of rotatable bonds is 2. The van der Waals surface area contributed by atoms with Crippen molar-refractivity contribution in [3.63, 3.8) is 0 Å². The molecule has 1 fully saturated rings. The largest absolute Gasteiger partial charge is 0.456 e. The average Bonchev–Trinajstić information content (AvgIpc) is 2.49. The van der Waals surface area contributed by atoms with E-state index in [4.69, 9.17) is 29.6 Å². The Kier molecular flexibility index (Phi) is 4.95. The number of ether oxygens (including phenoxy) is 1. The predicted molar refractivity (Wildman–Crippen MR) is 82.5 cm³/mol. The lowest BCUT2D eigenvalue weighted by molar-refractivity contribution is -0.890. The summed E-state index contributed by atoms with van der Waals surface area (Å²) >= 11 is 9.92. The molecule has 0 spiro atoms. The van der Waals surface area contributed by atoms with Gasteiger partial charge in [-0.05, 0) is 18.6 Å². The topological polar surface area (TPSA) is 70.0 Å². The first kappa shape index (κ1) is 16.3. The van der Waals surface area contributed by atoms with Gasteiger partial charge in [0.15, 0.2) is 0 Å². The molecule has 0 radical (unpaired) electrons. The van der Waals surface area contributed by atoms with Gasteiger partial charge in [0.1, 0.15) is 12.6 Å². The van der Waals surface area contributed by atoms with Gasteiger partial charge < -0.3 is 44.7 Å². The van der Waals surface area contributed by atoms with E-state index in [1.54, 1.807) is 24.1 Å². The molecule has 21 heavy (non-hydrogen) atoms. The number of allylic oxidation sites excluding steroid dienone is 2. The molecule has 0 saturated carbocycles. The molecule has 3 atom stereocenters. The Hall–Kier alpha value is -1.06. The first-order chi connectivity index (χ1) is 9.90. The van der Waals surface area contributed by atoms with Crippen LogP contribution in [-0.2, 0) is 22.2 Å². The van der Waals surface area contributed by atoms with Crippen molar-refractivity contribution in [3.05, 3.63) is 24.2 Å². The van der Waals surface area contributed by atoms with Crippen LogP contribution in [0.2, 0.25) is 0 Å². The molecule has 116 valence electrons. The number of carbonyl (C=O) groups excluding carboxylic acids is 1. The quantitative estimate of drug-likeness (QED) is 0.406. The molecule has 2 rings (SSSR count). The van der Waals surface area contributed by atoms with Crippen LogP contribution < -0.4 is 0 Å². The molecule has 2 N–H and O–H groups in total. The van der Waals surface area contributed by atoms with Crippen molar-refractivity contribution in [3.8, 4) is 0 Å². The highest BCUT2D eigenvalue weighted by atomic mass is 32.1. The molecule has 0 aromatic rings. The molecule has 1 saturated heterocycles. The fourth-order valence-corrected chi connectivity index (χ4v) is 3.00. The third kappa shape index (κ3) is 3.09. The summed E-state index contributed by atoms with van der Waals surface area (Å²) in [7, 11) is 1.63. The van der Waals surface area contributed by atoms with Crippen LogP contribution in [0, 0.1) is 0 Å². The van der Waals surface area contributed by atoms with Crippen molar-refractivity contribution in [2.24, 2.45) is 0 Å². The van der Waals surface area contributed by atoms with Crippen LogP contribution in [0.25, 0.3) is 0 Å². The highest BCUT2D eigenvalue weighted by Crippen LogP contribution is 2.25. The molecule has 2 aliphatic rings. The zero-order valence-electron chi connectivity index (χ0n) is 11.6. The third-order valence-electron chi connectivity index (χ3n) is 3.90. The maximum Gasteiger partial charge on any atom is 0.383 e. The normalized spacial score (nSPS) is 32.3. The number of quaternary nitrogens is 1. The van der Waals surface area contributed by atoms with Gasteiger partial charge in [0.25, 0.3) is 0 Å². The Morgan fingerprint density at radius 1 is 1.67 bits per heavy atom. The Morgan fingerprint density at radius 3 is 2.90 bits per heavy atom. The zero-order valence-corrected chi connectivity index (χ0v) is 13.3. The van der Waals surface area contributed by atoms with E-state index in [9.17, 15) is 15.0 Å². The zero-order chi connectivity index (χ0) is 15.6. The monoisotopic (exact) mass is 330 g/mol. The lowest BCUT2D eigenvalue weighted by Crippen LogP contribution is -2.70. The molecule has 0 bridgehead atoms. The van der Waals surface area contributed by atoms with Crippen LogP contribution >= 0.6 is 12.2 Å². The second kappa shape index (κ2) is 6.37. The number of carbonyl (C=O) groups is 1. The summed E-state index contributed by atoms with van der Waals surface area (Å²) in [6, 6.07) is -0.396. The first-order valence-electron chi connectivity index (χ1n) is 6.58. The van der Waals surface area contributed by atoms with Crippen LogP contribution in [0.5, 0.6) is 0 Å². The fourth-order valence-electron chi connectivity index (χ4n) is 2.55. The standard InChI is InChI=1S/C13H18N2O4S2/c1-15(12(18)10-4-2-3-5-19-10)7-9(8-16)14(13(20)21)6-11(15)17/h3-5,9,11,16-17H,2,6-8H2,1H3. The van der Waals surface area contributed by atoms with E-state index in [1.165, 1.54) is 6.26 Å². The molecule has 1 amide bonds. The number of aliphatic hydroxyl groups excluding tert-OH is 2. The van der Waals surface area contributed by atoms with Crippen LogP contribution in [-0.4, -0.2) is 68.8 Å². The van der Waals surface area contributed by atoms with Crippen molar-refractivity contribution in [2.45, 2.75) is 18.7 Å². The van der Waals surface area contributed by atoms with Crippen molar-refractivity contribution < 1.29 is 24.2 Å². The Morgan fingerprint density at radius 2 is 2.38 bits per heavy atom. The second-order valence-electron chi connectivity index (χ2n) is 5.28. The highest BCUT2D eigenvalue weighted by molar-refractivity contribution is 8.00. The van der Waals surface area contributed by atoms with Crippen molar-refractivity contribution in [1.82, 2.24) is 4.90 Å². The molecule has 8 heteroatoms. The molecular weight excluding hydrogens is 312 g/mol. The number of aliphatic hydroxyl groups is 2. The van der Waals surface area contributed by atoms with Gasteiger partial charge in [-0.3, -0.25) is 0 Å². The predicted octanol–water partition coefficient (Wildman–Crippen LogP) is -0.396. The van der Waals surface area contributed by atoms with Gasteiger partial charge in [0, 0.05) is 0 Å². The molecule has 0 aromatic carbocycles. The third-order valence-corrected chi connectivity index (χ3v) is 4.37. The maximum atomic E-state index is 12.6. The summed E-state index contributed by atoms with van der Waals surface area (Å²) in [5.74, 6) is -0.106. The molecule has 3 unspecified atom stereocenters. The van der Waals surface area contributed by atoms with E-state index in [0.717, 1.165) is 0 Å². The Labute approximate surface area is 134 Å². The van der Waals surface area contributed by atoms with E-state index < -0.39 is 12.3 Å². The van der Waals surface area contributed by atoms with Gasteiger partial charge in [0.05, 0.1) is 26.5 Å². The van der Waals surface area contributed by atoms with Gasteiger partial charge in [-0.15, -0.1) is 0 Å². The van der Waals surface area contributed by atoms with Crippen LogP contribution in [0.4, 0.5) is 0 Å². The van der Waals surface area contributed by atoms with Gasteiger partial charge in [-0.2, -0.15) is 0 Å². The summed E-state index contributed by atoms with van der Waals surface area (Å²) in [5, 5.41) is 19.9. The second-order valence-corrected chi connectivity index (χ2v) is 6.32. The molecule has 2 heterocycles. The van der Waals surface area contributed by atoms with E-state index in [0.29, 0.717) is 6.42 Å². The SMILES string of the molecule is C[N+]1(C(=O)C2=CCC=CO2)CC(CO)N(C(=S)[S-])CC1O. The van der Waals surface area contributed by atoms with Gasteiger partial charge in [-0.1, -0.05) is 4.32 Å². The number of β-amino-alcohol motifs (C(OH)–C–C–N with tert-alkyl or cyclic N) is 1. The number of amides is 1. The summed E-state index contributed by atoms with van der Waals surface area (Å²) in [6.07, 6.45) is 4.55. The Balaban J connectivity index is 2.23. The number of likely N-dealkylation sites (N-methyl/N-ethyl adjacent to an activating group) is 1. The van der Waals surface area contributed by atoms with Crippen molar-refractivity contribution in [2.75, 3.05) is 26.7 Å². The van der Waals surface area contributed by atoms with Gasteiger partial charge in [0.2, 0.25) is 12.0 Å². The highest BCUT2D eigenvalue weighted by Gasteiger charge is 2.49. The van der Waals surface area contributed by atoms with E-state index in [1.807, 2.05) is 0 Å². The molecule has 2 aliphatic heterocycles. The van der Waals surface area contributed by atoms with Crippen molar-refractivity contribution in [1.29, 1.82) is 0 Å². The van der Waals surface area contributed by atoms with Crippen LogP contribution in [0.3, 0.4) is 0 Å². The fraction of sp³-hybridized carbons (Fsp3) is 0.538. The Bertz CT molecular complexity index is 508. The minimum absolute atomic E-state index is 0.110. The minimum atomic E-state index is -0.989. The number of piperazine rings is 1. The van der Waals surface area contributed by atoms with E-state index >= 15 is 0 Å². The van der Waals surface area contributed by atoms with Crippen LogP contribution in [0.15, 0.2) is 24.2 Å². The lowest BCUT2D eigenvalue weighted by atomic mass is 10.1. The number of hydrogen-bond donors (Lipinski definition) is 2. The molecular formula is C13H18N2O4S2. The summed E-state index contributed by atoms with van der Waals surface area (Å²) in [6.45, 7) is 0.126. The summed E-state index contributed by atoms with van der Waals surface area (Å²) in [4.78, 5) is 14.2. The summed E-state index contributed by atoms with van der Waals surface area (Å²) < 4.78 is 5.15. The lowest BCUT2D eigenvalue weighted by Gasteiger charge is -2.49. The molecule has 0 aliphatic carbocycles. The summed E-state index contributed by atoms with van der Waals surface area (Å²) in [5.41, 5.74) is 0. The van der Waals surface area contributed by atoms with Crippen molar-refractivity contribution >= 4 is 35.1 Å². The minimum Gasteiger partial charge on any atom is -0.456 e. The van der Waals surface area contributed by atoms with Gasteiger partial charge >= 0.3 is 5.91 Å². The van der Waals surface area contributed by atoms with E-state index in [2.05, 4.69) is 0 Å². The van der Waals surface area contributed by atoms with E-state index in [-0.39, 0.29) is 40.2 Å². The molecule has 0 aromatic heterocycles. The maximum absolute atomic E-state index is 12.6. The number of thiocarbonyl (C=S) groups is 1.